The van der Waals surface area contributed by atoms with Crippen LogP contribution in [0, 0.1) is 0 Å². The van der Waals surface area contributed by atoms with Gasteiger partial charge in [0.15, 0.2) is 0 Å². The number of anilines is 1. The Morgan fingerprint density at radius 1 is 1.17 bits per heavy atom. The monoisotopic (exact) mass is 256 g/mol. The summed E-state index contributed by atoms with van der Waals surface area (Å²) in [6.07, 6.45) is -2.06. The molecule has 1 aliphatic heterocycles. The van der Waals surface area contributed by atoms with Gasteiger partial charge in [0.1, 0.15) is 11.3 Å². The van der Waals surface area contributed by atoms with Crippen LogP contribution in [0.1, 0.15) is 0 Å². The van der Waals surface area contributed by atoms with Gasteiger partial charge in [-0.05, 0) is 30.3 Å². The molecule has 0 atom stereocenters. The number of dihydropyridines is 1. The van der Waals surface area contributed by atoms with Crippen molar-refractivity contribution in [3.63, 3.8) is 0 Å². The second-order valence-electron chi connectivity index (χ2n) is 3.69. The minimum atomic E-state index is -4.45. The van der Waals surface area contributed by atoms with E-state index in [-0.39, 0.29) is 5.88 Å². The zero-order valence-corrected chi connectivity index (χ0v) is 9.29. The molecule has 1 aliphatic rings. The van der Waals surface area contributed by atoms with E-state index in [2.05, 4.69) is 5.32 Å². The Hall–Kier alpha value is -2.11. The van der Waals surface area contributed by atoms with E-state index < -0.39 is 11.7 Å². The molecule has 0 fully saturated rings. The van der Waals surface area contributed by atoms with Crippen LogP contribution in [0.3, 0.4) is 0 Å². The van der Waals surface area contributed by atoms with Gasteiger partial charge in [-0.25, -0.2) is 0 Å². The number of halogens is 3. The first-order valence-corrected chi connectivity index (χ1v) is 5.22. The van der Waals surface area contributed by atoms with E-state index in [1.807, 2.05) is 0 Å². The van der Waals surface area contributed by atoms with Crippen molar-refractivity contribution in [2.45, 2.75) is 6.18 Å². The maximum Gasteiger partial charge on any atom is 0.421 e. The molecule has 3 N–H and O–H groups in total. The highest BCUT2D eigenvalue weighted by Crippen LogP contribution is 2.30. The Bertz CT molecular complexity index is 489. The Kier molecular flexibility index (Phi) is 3.18. The average Bonchev–Trinajstić information content (AvgIpc) is 2.31. The predicted octanol–water partition coefficient (Wildman–Crippen LogP) is 2.58. The van der Waals surface area contributed by atoms with Gasteiger partial charge < -0.3 is 15.8 Å². The van der Waals surface area contributed by atoms with Crippen LogP contribution in [0.15, 0.2) is 47.9 Å². The summed E-state index contributed by atoms with van der Waals surface area (Å²) in [6.45, 7) is 0.296. The quantitative estimate of drug-likeness (QED) is 0.799. The summed E-state index contributed by atoms with van der Waals surface area (Å²) in [4.78, 5) is 0. The molecule has 0 unspecified atom stereocenters. The largest absolute Gasteiger partial charge is 0.441 e. The highest BCUT2D eigenvalue weighted by Gasteiger charge is 2.37. The van der Waals surface area contributed by atoms with E-state index in [0.717, 1.165) is 6.08 Å². The molecule has 6 heteroatoms. The smallest absolute Gasteiger partial charge is 0.421 e. The average molecular weight is 256 g/mol. The first-order chi connectivity index (χ1) is 8.47. The third kappa shape index (κ3) is 2.77. The SMILES string of the molecule is Nc1ccc(OC2=C(C(F)(F)F)C=CCN2)cc1. The Labute approximate surface area is 102 Å². The maximum atomic E-state index is 12.7. The third-order valence-electron chi connectivity index (χ3n) is 2.32. The van der Waals surface area contributed by atoms with Gasteiger partial charge in [0.25, 0.3) is 0 Å². The molecule has 3 nitrogen and oxygen atoms in total. The minimum Gasteiger partial charge on any atom is -0.441 e. The van der Waals surface area contributed by atoms with Crippen molar-refractivity contribution in [2.24, 2.45) is 0 Å². The van der Waals surface area contributed by atoms with Gasteiger partial charge in [-0.15, -0.1) is 0 Å². The lowest BCUT2D eigenvalue weighted by Gasteiger charge is -2.19. The molecule has 0 aromatic heterocycles. The van der Waals surface area contributed by atoms with Crippen molar-refractivity contribution < 1.29 is 17.9 Å². The van der Waals surface area contributed by atoms with E-state index in [9.17, 15) is 13.2 Å². The molecule has 1 aromatic rings. The van der Waals surface area contributed by atoms with E-state index in [1.165, 1.54) is 18.2 Å². The molecular weight excluding hydrogens is 245 g/mol. The van der Waals surface area contributed by atoms with E-state index in [4.69, 9.17) is 10.5 Å². The fraction of sp³-hybridized carbons (Fsp3) is 0.167. The van der Waals surface area contributed by atoms with Gasteiger partial charge >= 0.3 is 6.18 Å². The number of ether oxygens (including phenoxy) is 1. The zero-order chi connectivity index (χ0) is 13.2. The summed E-state index contributed by atoms with van der Waals surface area (Å²) in [5.41, 5.74) is 5.17. The summed E-state index contributed by atoms with van der Waals surface area (Å²) in [6, 6.07) is 6.14. The summed E-state index contributed by atoms with van der Waals surface area (Å²) < 4.78 is 43.3. The standard InChI is InChI=1S/C12H11F3N2O/c13-12(14,15)10-2-1-7-17-11(10)18-9-5-3-8(16)4-6-9/h1-6,17H,7,16H2. The number of benzene rings is 1. The fourth-order valence-electron chi connectivity index (χ4n) is 1.47. The van der Waals surface area contributed by atoms with Crippen molar-refractivity contribution in [1.29, 1.82) is 0 Å². The molecule has 2 rings (SSSR count). The lowest BCUT2D eigenvalue weighted by Crippen LogP contribution is -2.28. The van der Waals surface area contributed by atoms with E-state index >= 15 is 0 Å². The highest BCUT2D eigenvalue weighted by atomic mass is 19.4. The molecule has 0 saturated heterocycles. The van der Waals surface area contributed by atoms with Crippen LogP contribution >= 0.6 is 0 Å². The predicted molar refractivity (Wildman–Crippen MR) is 61.7 cm³/mol. The molecule has 0 amide bonds. The molecule has 0 aliphatic carbocycles. The molecule has 18 heavy (non-hydrogen) atoms. The van der Waals surface area contributed by atoms with Gasteiger partial charge in [-0.1, -0.05) is 6.08 Å². The van der Waals surface area contributed by atoms with Crippen LogP contribution in [-0.4, -0.2) is 12.7 Å². The molecule has 0 radical (unpaired) electrons. The number of alkyl halides is 3. The van der Waals surface area contributed by atoms with Crippen LogP contribution in [0.2, 0.25) is 0 Å². The maximum absolute atomic E-state index is 12.7. The number of hydrogen-bond donors (Lipinski definition) is 2. The number of allylic oxidation sites excluding steroid dienone is 2. The number of hydrogen-bond acceptors (Lipinski definition) is 3. The minimum absolute atomic E-state index is 0.295. The van der Waals surface area contributed by atoms with Crippen LogP contribution in [0.25, 0.3) is 0 Å². The Morgan fingerprint density at radius 2 is 1.83 bits per heavy atom. The lowest BCUT2D eigenvalue weighted by atomic mass is 10.2. The molecule has 1 aromatic carbocycles. The molecule has 96 valence electrons. The molecule has 0 spiro atoms. The zero-order valence-electron chi connectivity index (χ0n) is 9.29. The van der Waals surface area contributed by atoms with Gasteiger partial charge in [0.05, 0.1) is 0 Å². The van der Waals surface area contributed by atoms with Crippen molar-refractivity contribution in [3.8, 4) is 5.75 Å². The Morgan fingerprint density at radius 3 is 2.44 bits per heavy atom. The highest BCUT2D eigenvalue weighted by molar-refractivity contribution is 5.42. The van der Waals surface area contributed by atoms with Gasteiger partial charge in [0.2, 0.25) is 5.88 Å². The van der Waals surface area contributed by atoms with E-state index in [1.54, 1.807) is 12.1 Å². The van der Waals surface area contributed by atoms with Crippen molar-refractivity contribution in [1.82, 2.24) is 5.32 Å². The molecule has 0 bridgehead atoms. The van der Waals surface area contributed by atoms with Gasteiger partial charge in [-0.2, -0.15) is 13.2 Å². The van der Waals surface area contributed by atoms with Crippen molar-refractivity contribution >= 4 is 5.69 Å². The normalized spacial score (nSPS) is 15.5. The first-order valence-electron chi connectivity index (χ1n) is 5.22. The van der Waals surface area contributed by atoms with Gasteiger partial charge in [-0.3, -0.25) is 0 Å². The van der Waals surface area contributed by atoms with Crippen LogP contribution < -0.4 is 15.8 Å². The topological polar surface area (TPSA) is 47.3 Å². The molecule has 0 saturated carbocycles. The third-order valence-corrected chi connectivity index (χ3v) is 2.32. The summed E-state index contributed by atoms with van der Waals surface area (Å²) in [7, 11) is 0. The lowest BCUT2D eigenvalue weighted by molar-refractivity contribution is -0.0913. The first kappa shape index (κ1) is 12.3. The van der Waals surface area contributed by atoms with Crippen LogP contribution in [0.4, 0.5) is 18.9 Å². The van der Waals surface area contributed by atoms with Crippen LogP contribution in [0.5, 0.6) is 5.75 Å². The summed E-state index contributed by atoms with van der Waals surface area (Å²) in [5, 5.41) is 2.56. The van der Waals surface area contributed by atoms with Crippen LogP contribution in [-0.2, 0) is 0 Å². The number of nitrogen functional groups attached to an aromatic ring is 1. The fourth-order valence-corrected chi connectivity index (χ4v) is 1.47. The number of nitrogens with one attached hydrogen (secondary N) is 1. The second-order valence-corrected chi connectivity index (χ2v) is 3.69. The summed E-state index contributed by atoms with van der Waals surface area (Å²) >= 11 is 0. The second kappa shape index (κ2) is 4.64. The number of rotatable bonds is 2. The summed E-state index contributed by atoms with van der Waals surface area (Å²) in [5.74, 6) is -0.00137. The Balaban J connectivity index is 2.27. The molecular formula is C12H11F3N2O. The van der Waals surface area contributed by atoms with E-state index in [0.29, 0.717) is 18.0 Å². The molecule has 1 heterocycles. The van der Waals surface area contributed by atoms with Gasteiger partial charge in [0, 0.05) is 12.2 Å². The van der Waals surface area contributed by atoms with Crippen molar-refractivity contribution in [3.05, 3.63) is 47.9 Å². The number of nitrogens with two attached hydrogens (primary N) is 1. The van der Waals surface area contributed by atoms with Crippen molar-refractivity contribution in [2.75, 3.05) is 12.3 Å².